The van der Waals surface area contributed by atoms with E-state index in [2.05, 4.69) is 14.9 Å². The van der Waals surface area contributed by atoms with Gasteiger partial charge in [-0.1, -0.05) is 29.3 Å². The van der Waals surface area contributed by atoms with E-state index in [1.54, 1.807) is 0 Å². The lowest BCUT2D eigenvalue weighted by molar-refractivity contribution is -0.117. The van der Waals surface area contributed by atoms with Gasteiger partial charge in [-0.3, -0.25) is 4.79 Å². The molecule has 2 rings (SSSR count). The van der Waals surface area contributed by atoms with Crippen LogP contribution < -0.4 is 5.32 Å². The van der Waals surface area contributed by atoms with Crippen molar-refractivity contribution >= 4 is 29.1 Å². The van der Waals surface area contributed by atoms with E-state index in [4.69, 9.17) is 28.3 Å². The van der Waals surface area contributed by atoms with Crippen molar-refractivity contribution in [3.05, 3.63) is 39.9 Å². The number of hydrogen-bond donors (Lipinski definition) is 2. The number of halogens is 2. The maximum atomic E-state index is 11.8. The van der Waals surface area contributed by atoms with Gasteiger partial charge in [0.2, 0.25) is 5.91 Å². The maximum Gasteiger partial charge on any atom is 0.244 e. The Labute approximate surface area is 139 Å². The minimum atomic E-state index is -0.175. The van der Waals surface area contributed by atoms with E-state index in [0.717, 1.165) is 24.4 Å². The van der Waals surface area contributed by atoms with E-state index in [-0.39, 0.29) is 23.0 Å². The van der Waals surface area contributed by atoms with Crippen LogP contribution in [0, 0.1) is 6.92 Å². The third kappa shape index (κ3) is 4.35. The first-order chi connectivity index (χ1) is 10.5. The molecule has 22 heavy (non-hydrogen) atoms. The molecule has 1 aromatic heterocycles. The molecule has 1 aliphatic carbocycles. The van der Waals surface area contributed by atoms with Gasteiger partial charge in [0.05, 0.1) is 12.3 Å². The fourth-order valence-electron chi connectivity index (χ4n) is 2.74. The second-order valence-corrected chi connectivity index (χ2v) is 6.20. The zero-order chi connectivity index (χ0) is 16.1. The third-order valence-corrected chi connectivity index (χ3v) is 3.91. The molecule has 1 atom stereocenters. The van der Waals surface area contributed by atoms with Crippen LogP contribution in [0.5, 0.6) is 0 Å². The van der Waals surface area contributed by atoms with Crippen molar-refractivity contribution in [3.8, 4) is 0 Å². The summed E-state index contributed by atoms with van der Waals surface area (Å²) >= 11 is 10.9. The van der Waals surface area contributed by atoms with Crippen LogP contribution in [0.25, 0.3) is 0 Å². The molecule has 0 aromatic carbocycles. The van der Waals surface area contributed by atoms with Gasteiger partial charge in [0.1, 0.15) is 10.3 Å². The average molecular weight is 344 g/mol. The molecule has 1 aliphatic rings. The number of nitrogens with one attached hydrogen (secondary N) is 1. The number of aliphatic hydroxyl groups excluding tert-OH is 1. The molecule has 0 fully saturated rings. The van der Waals surface area contributed by atoms with E-state index in [1.165, 1.54) is 23.9 Å². The Hall–Kier alpha value is -1.30. The van der Waals surface area contributed by atoms with E-state index >= 15 is 0 Å². The van der Waals surface area contributed by atoms with Crippen molar-refractivity contribution in [3.63, 3.8) is 0 Å². The van der Waals surface area contributed by atoms with Gasteiger partial charge in [-0.25, -0.2) is 4.98 Å². The normalized spacial score (nSPS) is 17.4. The molecule has 2 N–H and O–H groups in total. The summed E-state index contributed by atoms with van der Waals surface area (Å²) in [5, 5.41) is 12.1. The lowest BCUT2D eigenvalue weighted by atomic mass is 9.96. The smallest absolute Gasteiger partial charge is 0.244 e. The molecule has 7 heteroatoms. The largest absolute Gasteiger partial charge is 0.395 e. The number of imidazole rings is 1. The number of nitrogens with zero attached hydrogens (tertiary/aromatic N) is 2. The van der Waals surface area contributed by atoms with Crippen LogP contribution in [-0.2, 0) is 24.2 Å². The summed E-state index contributed by atoms with van der Waals surface area (Å²) in [7, 11) is 0. The molecular formula is C15H19Cl2N3O2. The number of rotatable bonds is 5. The van der Waals surface area contributed by atoms with Crippen LogP contribution in [0.1, 0.15) is 23.6 Å². The monoisotopic (exact) mass is 343 g/mol. The van der Waals surface area contributed by atoms with Gasteiger partial charge >= 0.3 is 0 Å². The number of amides is 1. The first-order valence-corrected chi connectivity index (χ1v) is 7.92. The molecule has 1 heterocycles. The number of aryl methyl sites for hydroxylation is 1. The lowest BCUT2D eigenvalue weighted by Gasteiger charge is -2.23. The Morgan fingerprint density at radius 2 is 2.32 bits per heavy atom. The fourth-order valence-corrected chi connectivity index (χ4v) is 2.88. The Bertz CT molecular complexity index is 604. The highest BCUT2D eigenvalue weighted by Gasteiger charge is 2.24. The Kier molecular flexibility index (Phi) is 6.06. The van der Waals surface area contributed by atoms with Crippen molar-refractivity contribution in [2.24, 2.45) is 0 Å². The maximum absolute atomic E-state index is 11.8. The number of aliphatic hydroxyl groups is 1. The van der Waals surface area contributed by atoms with Crippen LogP contribution in [0.2, 0.25) is 0 Å². The van der Waals surface area contributed by atoms with Crippen LogP contribution in [-0.4, -0.2) is 33.2 Å². The van der Waals surface area contributed by atoms with Crippen LogP contribution >= 0.6 is 23.2 Å². The zero-order valence-corrected chi connectivity index (χ0v) is 13.9. The van der Waals surface area contributed by atoms with Gasteiger partial charge in [0.25, 0.3) is 0 Å². The Balaban J connectivity index is 1.98. The topological polar surface area (TPSA) is 67.2 Å². The molecule has 0 saturated carbocycles. The summed E-state index contributed by atoms with van der Waals surface area (Å²) in [4.78, 5) is 16.4. The first-order valence-electron chi connectivity index (χ1n) is 7.17. The molecule has 120 valence electrons. The SMILES string of the molecule is Cc1nc2c(n1CCO)CCC(NC(=O)/C=C/C=C(Cl)Cl)C2. The highest BCUT2D eigenvalue weighted by Crippen LogP contribution is 2.22. The van der Waals surface area contributed by atoms with Crippen LogP contribution in [0.15, 0.2) is 22.7 Å². The summed E-state index contributed by atoms with van der Waals surface area (Å²) in [6.07, 6.45) is 6.77. The molecule has 0 radical (unpaired) electrons. The quantitative estimate of drug-likeness (QED) is 0.635. The second-order valence-electron chi connectivity index (χ2n) is 5.19. The van der Waals surface area contributed by atoms with E-state index in [9.17, 15) is 4.79 Å². The summed E-state index contributed by atoms with van der Waals surface area (Å²) in [5.41, 5.74) is 2.18. The molecule has 1 aromatic rings. The van der Waals surface area contributed by atoms with Gasteiger partial charge in [-0.15, -0.1) is 0 Å². The summed E-state index contributed by atoms with van der Waals surface area (Å²) in [6, 6.07) is 0.0666. The van der Waals surface area contributed by atoms with E-state index < -0.39 is 0 Å². The summed E-state index contributed by atoms with van der Waals surface area (Å²) < 4.78 is 2.16. The zero-order valence-electron chi connectivity index (χ0n) is 12.4. The van der Waals surface area contributed by atoms with Crippen molar-refractivity contribution in [2.75, 3.05) is 6.61 Å². The number of hydrogen-bond acceptors (Lipinski definition) is 3. The lowest BCUT2D eigenvalue weighted by Crippen LogP contribution is -2.38. The predicted molar refractivity (Wildman–Crippen MR) is 86.9 cm³/mol. The van der Waals surface area contributed by atoms with Gasteiger partial charge in [0, 0.05) is 30.8 Å². The Morgan fingerprint density at radius 1 is 1.55 bits per heavy atom. The average Bonchev–Trinajstić information content (AvgIpc) is 2.74. The van der Waals surface area contributed by atoms with Gasteiger partial charge in [-0.2, -0.15) is 0 Å². The molecule has 0 bridgehead atoms. The van der Waals surface area contributed by atoms with Crippen molar-refractivity contribution in [1.82, 2.24) is 14.9 Å². The van der Waals surface area contributed by atoms with Crippen molar-refractivity contribution in [1.29, 1.82) is 0 Å². The number of fused-ring (bicyclic) bond motifs is 1. The molecule has 0 spiro atoms. The summed E-state index contributed by atoms with van der Waals surface area (Å²) in [5.74, 6) is 0.735. The fraction of sp³-hybridized carbons (Fsp3) is 0.467. The van der Waals surface area contributed by atoms with Gasteiger partial charge < -0.3 is 15.0 Å². The van der Waals surface area contributed by atoms with Gasteiger partial charge in [-0.05, 0) is 25.8 Å². The van der Waals surface area contributed by atoms with Crippen LogP contribution in [0.4, 0.5) is 0 Å². The molecule has 0 aliphatic heterocycles. The highest BCUT2D eigenvalue weighted by molar-refractivity contribution is 6.56. The number of aromatic nitrogens is 2. The third-order valence-electron chi connectivity index (χ3n) is 3.66. The predicted octanol–water partition coefficient (Wildman–Crippen LogP) is 2.03. The minimum Gasteiger partial charge on any atom is -0.395 e. The van der Waals surface area contributed by atoms with Crippen molar-refractivity contribution in [2.45, 2.75) is 38.8 Å². The summed E-state index contributed by atoms with van der Waals surface area (Å²) in [6.45, 7) is 2.61. The Morgan fingerprint density at radius 3 is 3.00 bits per heavy atom. The highest BCUT2D eigenvalue weighted by atomic mass is 35.5. The number of carbonyl (C=O) groups excluding carboxylic acids is 1. The van der Waals surface area contributed by atoms with E-state index in [1.807, 2.05) is 6.92 Å². The molecular weight excluding hydrogens is 325 g/mol. The molecule has 1 unspecified atom stereocenters. The second kappa shape index (κ2) is 7.81. The van der Waals surface area contributed by atoms with Crippen molar-refractivity contribution < 1.29 is 9.90 Å². The number of allylic oxidation sites excluding steroid dienone is 2. The minimum absolute atomic E-state index is 0.0666. The first kappa shape index (κ1) is 17.1. The number of carbonyl (C=O) groups is 1. The molecule has 1 amide bonds. The molecule has 0 saturated heterocycles. The van der Waals surface area contributed by atoms with E-state index in [0.29, 0.717) is 13.0 Å². The molecule has 5 nitrogen and oxygen atoms in total. The van der Waals surface area contributed by atoms with Gasteiger partial charge in [0.15, 0.2) is 0 Å². The standard InChI is InChI=1S/C15H19Cl2N3O2/c1-10-18-12-9-11(5-6-13(12)20(10)7-8-21)19-15(22)4-2-3-14(16)17/h2-4,11,21H,5-9H2,1H3,(H,19,22)/b4-2+. The van der Waals surface area contributed by atoms with Crippen LogP contribution in [0.3, 0.4) is 0 Å².